The van der Waals surface area contributed by atoms with Gasteiger partial charge in [0.05, 0.1) is 12.2 Å². The van der Waals surface area contributed by atoms with E-state index in [1.165, 1.54) is 44.9 Å². The lowest BCUT2D eigenvalue weighted by Gasteiger charge is -2.24. The summed E-state index contributed by atoms with van der Waals surface area (Å²) in [5.41, 5.74) is -0.928. The molecule has 0 saturated heterocycles. The zero-order chi connectivity index (χ0) is 13.7. The van der Waals surface area contributed by atoms with Gasteiger partial charge >= 0.3 is 0 Å². The van der Waals surface area contributed by atoms with Gasteiger partial charge in [-0.15, -0.1) is 6.58 Å². The monoisotopic (exact) mass is 256 g/mol. The molecule has 2 N–H and O–H groups in total. The molecule has 2 nitrogen and oxygen atoms in total. The van der Waals surface area contributed by atoms with E-state index in [4.69, 9.17) is 5.11 Å². The van der Waals surface area contributed by atoms with Crippen molar-refractivity contribution in [1.82, 2.24) is 0 Å². The van der Waals surface area contributed by atoms with Gasteiger partial charge in [-0.25, -0.2) is 0 Å². The number of hydrogen-bond acceptors (Lipinski definition) is 2. The molecule has 0 spiro atoms. The topological polar surface area (TPSA) is 40.5 Å². The van der Waals surface area contributed by atoms with Crippen molar-refractivity contribution in [1.29, 1.82) is 0 Å². The summed E-state index contributed by atoms with van der Waals surface area (Å²) in [5.74, 6) is 0. The Morgan fingerprint density at radius 1 is 0.944 bits per heavy atom. The molecule has 108 valence electrons. The zero-order valence-electron chi connectivity index (χ0n) is 12.2. The fraction of sp³-hybridized carbons (Fsp3) is 0.875. The van der Waals surface area contributed by atoms with Crippen molar-refractivity contribution in [3.05, 3.63) is 12.7 Å². The van der Waals surface area contributed by atoms with E-state index >= 15 is 0 Å². The molecule has 0 rings (SSSR count). The number of rotatable bonds is 13. The molecule has 2 heteroatoms. The Hall–Kier alpha value is -0.340. The molecule has 0 aromatic heterocycles. The first-order valence-corrected chi connectivity index (χ1v) is 7.62. The Morgan fingerprint density at radius 3 is 1.89 bits per heavy atom. The molecule has 0 bridgehead atoms. The highest BCUT2D eigenvalue weighted by molar-refractivity contribution is 4.85. The third-order valence-corrected chi connectivity index (χ3v) is 3.56. The summed E-state index contributed by atoms with van der Waals surface area (Å²) in [5, 5.41) is 19.1. The molecule has 0 radical (unpaired) electrons. The third kappa shape index (κ3) is 9.67. The van der Waals surface area contributed by atoms with E-state index in [-0.39, 0.29) is 6.61 Å². The minimum atomic E-state index is -0.928. The molecule has 18 heavy (non-hydrogen) atoms. The molecular weight excluding hydrogens is 224 g/mol. The van der Waals surface area contributed by atoms with Gasteiger partial charge < -0.3 is 10.2 Å². The summed E-state index contributed by atoms with van der Waals surface area (Å²) < 4.78 is 0. The third-order valence-electron chi connectivity index (χ3n) is 3.56. The van der Waals surface area contributed by atoms with Gasteiger partial charge in [0.15, 0.2) is 0 Å². The average Bonchev–Trinajstić information content (AvgIpc) is 2.37. The molecule has 0 heterocycles. The summed E-state index contributed by atoms with van der Waals surface area (Å²) in [4.78, 5) is 0. The first kappa shape index (κ1) is 17.7. The second-order valence-corrected chi connectivity index (χ2v) is 5.45. The quantitative estimate of drug-likeness (QED) is 0.383. The highest BCUT2D eigenvalue weighted by Gasteiger charge is 2.23. The van der Waals surface area contributed by atoms with Crippen molar-refractivity contribution >= 4 is 0 Å². The van der Waals surface area contributed by atoms with Crippen LogP contribution in [0.2, 0.25) is 0 Å². The van der Waals surface area contributed by atoms with Gasteiger partial charge in [0, 0.05) is 0 Å². The molecule has 0 aromatic carbocycles. The first-order chi connectivity index (χ1) is 8.68. The second-order valence-electron chi connectivity index (χ2n) is 5.45. The summed E-state index contributed by atoms with van der Waals surface area (Å²) in [6, 6.07) is 0. The first-order valence-electron chi connectivity index (χ1n) is 7.62. The van der Waals surface area contributed by atoms with E-state index in [0.717, 1.165) is 12.8 Å². The molecule has 0 amide bonds. The van der Waals surface area contributed by atoms with E-state index < -0.39 is 5.60 Å². The molecular formula is C16H32O2. The van der Waals surface area contributed by atoms with Gasteiger partial charge in [0.1, 0.15) is 0 Å². The fourth-order valence-corrected chi connectivity index (χ4v) is 2.28. The molecule has 0 aromatic rings. The van der Waals surface area contributed by atoms with Crippen LogP contribution in [-0.4, -0.2) is 22.4 Å². The predicted octanol–water partition coefficient (Wildman–Crippen LogP) is 4.21. The number of hydrogen-bond donors (Lipinski definition) is 2. The van der Waals surface area contributed by atoms with Crippen LogP contribution in [0.5, 0.6) is 0 Å². The van der Waals surface area contributed by atoms with Crippen molar-refractivity contribution in [3.63, 3.8) is 0 Å². The smallest absolute Gasteiger partial charge is 0.0911 e. The predicted molar refractivity (Wildman–Crippen MR) is 78.7 cm³/mol. The maximum absolute atomic E-state index is 10.00. The van der Waals surface area contributed by atoms with Crippen molar-refractivity contribution in [2.75, 3.05) is 6.61 Å². The lowest BCUT2D eigenvalue weighted by molar-refractivity contribution is -0.0204. The molecule has 0 saturated carbocycles. The Balaban J connectivity index is 3.36. The van der Waals surface area contributed by atoms with E-state index in [2.05, 4.69) is 13.5 Å². The van der Waals surface area contributed by atoms with Gasteiger partial charge in [-0.05, 0) is 12.8 Å². The summed E-state index contributed by atoms with van der Waals surface area (Å²) in [7, 11) is 0. The molecule has 0 aliphatic heterocycles. The van der Waals surface area contributed by atoms with E-state index in [0.29, 0.717) is 12.8 Å². The van der Waals surface area contributed by atoms with Crippen LogP contribution in [0.4, 0.5) is 0 Å². The fourth-order valence-electron chi connectivity index (χ4n) is 2.28. The summed E-state index contributed by atoms with van der Waals surface area (Å²) in [6.45, 7) is 5.70. The molecule has 0 aliphatic carbocycles. The van der Waals surface area contributed by atoms with Crippen molar-refractivity contribution in [2.45, 2.75) is 83.2 Å². The molecule has 0 unspecified atom stereocenters. The van der Waals surface area contributed by atoms with Crippen LogP contribution in [0.3, 0.4) is 0 Å². The molecule has 0 aliphatic rings. The van der Waals surface area contributed by atoms with Crippen molar-refractivity contribution < 1.29 is 10.2 Å². The second kappa shape index (κ2) is 11.7. The average molecular weight is 256 g/mol. The Bertz CT molecular complexity index is 192. The Morgan fingerprint density at radius 2 is 1.44 bits per heavy atom. The standard InChI is InChI=1S/C16H32O2/c1-3-5-6-7-8-9-10-11-12-14-16(18,15-17)13-4-2/h4,17-18H,2-3,5-15H2,1H3/t16-/m0/s1. The minimum absolute atomic E-state index is 0.157. The maximum atomic E-state index is 10.00. The highest BCUT2D eigenvalue weighted by Crippen LogP contribution is 2.20. The lowest BCUT2D eigenvalue weighted by Crippen LogP contribution is -2.32. The summed E-state index contributed by atoms with van der Waals surface area (Å²) in [6.07, 6.45) is 14.3. The minimum Gasteiger partial charge on any atom is -0.393 e. The number of unbranched alkanes of at least 4 members (excludes halogenated alkanes) is 8. The van der Waals surface area contributed by atoms with E-state index in [1.807, 2.05) is 0 Å². The normalized spacial score (nSPS) is 14.4. The van der Waals surface area contributed by atoms with Crippen molar-refractivity contribution in [3.8, 4) is 0 Å². The van der Waals surface area contributed by atoms with Crippen LogP contribution in [-0.2, 0) is 0 Å². The van der Waals surface area contributed by atoms with Gasteiger partial charge in [-0.2, -0.15) is 0 Å². The SMILES string of the molecule is C=CC[C@@](O)(CO)CCCCCCCCCCC. The van der Waals surface area contributed by atoms with Gasteiger partial charge in [-0.1, -0.05) is 70.8 Å². The van der Waals surface area contributed by atoms with Crippen LogP contribution >= 0.6 is 0 Å². The molecule has 0 fully saturated rings. The van der Waals surface area contributed by atoms with Crippen LogP contribution < -0.4 is 0 Å². The van der Waals surface area contributed by atoms with Gasteiger partial charge in [0.25, 0.3) is 0 Å². The van der Waals surface area contributed by atoms with Crippen LogP contribution in [0.25, 0.3) is 0 Å². The van der Waals surface area contributed by atoms with Crippen molar-refractivity contribution in [2.24, 2.45) is 0 Å². The Labute approximate surface area is 113 Å². The Kier molecular flexibility index (Phi) is 11.5. The number of aliphatic hydroxyl groups is 2. The maximum Gasteiger partial charge on any atom is 0.0911 e. The van der Waals surface area contributed by atoms with Crippen LogP contribution in [0.1, 0.15) is 77.6 Å². The van der Waals surface area contributed by atoms with Gasteiger partial charge in [0.2, 0.25) is 0 Å². The zero-order valence-corrected chi connectivity index (χ0v) is 12.2. The van der Waals surface area contributed by atoms with Crippen LogP contribution in [0, 0.1) is 0 Å². The lowest BCUT2D eigenvalue weighted by atomic mass is 9.93. The van der Waals surface area contributed by atoms with Crippen LogP contribution in [0.15, 0.2) is 12.7 Å². The van der Waals surface area contributed by atoms with E-state index in [1.54, 1.807) is 6.08 Å². The summed E-state index contributed by atoms with van der Waals surface area (Å²) >= 11 is 0. The highest BCUT2D eigenvalue weighted by atomic mass is 16.3. The number of aliphatic hydroxyl groups excluding tert-OH is 1. The molecule has 1 atom stereocenters. The van der Waals surface area contributed by atoms with Gasteiger partial charge in [-0.3, -0.25) is 0 Å². The van der Waals surface area contributed by atoms with E-state index in [9.17, 15) is 5.11 Å². The largest absolute Gasteiger partial charge is 0.393 e.